The molecule has 2 amide bonds. The molecule has 0 radical (unpaired) electrons. The highest BCUT2D eigenvalue weighted by atomic mass is 19.3. The first kappa shape index (κ1) is 18.6. The number of nitrogens with one attached hydrogen (secondary N) is 1. The van der Waals surface area contributed by atoms with Gasteiger partial charge < -0.3 is 15.8 Å². The highest BCUT2D eigenvalue weighted by Crippen LogP contribution is 2.42. The Balaban J connectivity index is 5.08. The SMILES string of the molecule is CCCCCC(F)(F)C(C)(C)[C@H](NC(=O)OC)C(N)=O. The molecule has 3 N–H and O–H groups in total. The van der Waals surface area contributed by atoms with Gasteiger partial charge in [-0.25, -0.2) is 13.6 Å². The van der Waals surface area contributed by atoms with E-state index in [1.165, 1.54) is 13.8 Å². The van der Waals surface area contributed by atoms with E-state index in [-0.39, 0.29) is 6.42 Å². The van der Waals surface area contributed by atoms with Gasteiger partial charge in [-0.05, 0) is 6.42 Å². The van der Waals surface area contributed by atoms with Gasteiger partial charge in [0.15, 0.2) is 0 Å². The molecule has 0 aromatic heterocycles. The predicted molar refractivity (Wildman–Crippen MR) is 71.4 cm³/mol. The Kier molecular flexibility index (Phi) is 6.88. The summed E-state index contributed by atoms with van der Waals surface area (Å²) in [6.07, 6.45) is 0.510. The summed E-state index contributed by atoms with van der Waals surface area (Å²) in [5, 5.41) is 2.09. The van der Waals surface area contributed by atoms with E-state index in [4.69, 9.17) is 5.73 Å². The van der Waals surface area contributed by atoms with E-state index in [2.05, 4.69) is 10.1 Å². The third kappa shape index (κ3) is 4.61. The van der Waals surface area contributed by atoms with E-state index in [0.29, 0.717) is 12.8 Å². The van der Waals surface area contributed by atoms with Crippen LogP contribution in [0, 0.1) is 5.41 Å². The molecule has 118 valence electrons. The van der Waals surface area contributed by atoms with Crippen molar-refractivity contribution in [1.29, 1.82) is 0 Å². The molecule has 7 heteroatoms. The number of ether oxygens (including phenoxy) is 1. The van der Waals surface area contributed by atoms with Gasteiger partial charge in [0.25, 0.3) is 5.92 Å². The van der Waals surface area contributed by atoms with E-state index in [1.807, 2.05) is 6.92 Å². The second kappa shape index (κ2) is 7.40. The lowest BCUT2D eigenvalue weighted by atomic mass is 9.75. The highest BCUT2D eigenvalue weighted by molar-refractivity contribution is 5.85. The number of primary amides is 1. The number of amides is 2. The van der Waals surface area contributed by atoms with Crippen molar-refractivity contribution >= 4 is 12.0 Å². The standard InChI is InChI=1S/C13H24F2N2O3/c1-5-6-7-8-13(14,15)12(2,3)9(10(16)18)17-11(19)20-4/h9H,5-8H2,1-4H3,(H2,16,18)(H,17,19)/t9-/m1/s1. The lowest BCUT2D eigenvalue weighted by molar-refractivity contribution is -0.146. The second-order valence-corrected chi connectivity index (χ2v) is 5.35. The molecule has 0 aliphatic heterocycles. The van der Waals surface area contributed by atoms with Crippen LogP contribution >= 0.6 is 0 Å². The molecule has 0 bridgehead atoms. The van der Waals surface area contributed by atoms with Gasteiger partial charge in [-0.2, -0.15) is 0 Å². The van der Waals surface area contributed by atoms with Crippen LogP contribution in [0.1, 0.15) is 46.5 Å². The van der Waals surface area contributed by atoms with E-state index in [0.717, 1.165) is 13.5 Å². The van der Waals surface area contributed by atoms with E-state index in [9.17, 15) is 18.4 Å². The number of carbonyl (C=O) groups is 2. The fraction of sp³-hybridized carbons (Fsp3) is 0.846. The highest BCUT2D eigenvalue weighted by Gasteiger charge is 2.53. The third-order valence-corrected chi connectivity index (χ3v) is 3.49. The summed E-state index contributed by atoms with van der Waals surface area (Å²) in [6, 6.07) is -1.51. The predicted octanol–water partition coefficient (Wildman–Crippen LogP) is 2.44. The summed E-state index contributed by atoms with van der Waals surface area (Å²) >= 11 is 0. The van der Waals surface area contributed by atoms with Crippen molar-refractivity contribution in [3.63, 3.8) is 0 Å². The molecule has 0 saturated carbocycles. The molecule has 0 spiro atoms. The molecule has 0 aromatic carbocycles. The maximum atomic E-state index is 14.3. The number of rotatable bonds is 8. The Hall–Kier alpha value is -1.40. The minimum Gasteiger partial charge on any atom is -0.453 e. The number of alkyl carbamates (subject to hydrolysis) is 1. The van der Waals surface area contributed by atoms with Crippen LogP contribution in [-0.4, -0.2) is 31.1 Å². The van der Waals surface area contributed by atoms with Crippen LogP contribution in [0.3, 0.4) is 0 Å². The summed E-state index contributed by atoms with van der Waals surface area (Å²) in [7, 11) is 1.08. The summed E-state index contributed by atoms with van der Waals surface area (Å²) < 4.78 is 32.9. The normalized spacial score (nSPS) is 13.7. The first-order chi connectivity index (χ1) is 9.10. The van der Waals surface area contributed by atoms with Crippen molar-refractivity contribution in [2.24, 2.45) is 11.1 Å². The monoisotopic (exact) mass is 294 g/mol. The number of nitrogens with two attached hydrogens (primary N) is 1. The lowest BCUT2D eigenvalue weighted by Gasteiger charge is -2.39. The number of carbonyl (C=O) groups excluding carboxylic acids is 2. The molecule has 0 aliphatic carbocycles. The van der Waals surface area contributed by atoms with Crippen molar-refractivity contribution in [2.75, 3.05) is 7.11 Å². The zero-order valence-electron chi connectivity index (χ0n) is 12.5. The maximum absolute atomic E-state index is 14.3. The van der Waals surface area contributed by atoms with Gasteiger partial charge in [-0.1, -0.05) is 33.6 Å². The molecule has 5 nitrogen and oxygen atoms in total. The molecule has 0 rings (SSSR count). The van der Waals surface area contributed by atoms with Gasteiger partial charge in [0.1, 0.15) is 6.04 Å². The first-order valence-electron chi connectivity index (χ1n) is 6.61. The van der Waals surface area contributed by atoms with E-state index >= 15 is 0 Å². The molecule has 0 heterocycles. The number of hydrogen-bond acceptors (Lipinski definition) is 3. The molecule has 0 fully saturated rings. The largest absolute Gasteiger partial charge is 0.453 e. The number of hydrogen-bond donors (Lipinski definition) is 2. The molecule has 1 atom stereocenters. The number of unbranched alkanes of at least 4 members (excludes halogenated alkanes) is 2. The van der Waals surface area contributed by atoms with Gasteiger partial charge in [-0.15, -0.1) is 0 Å². The van der Waals surface area contributed by atoms with Crippen molar-refractivity contribution in [1.82, 2.24) is 5.32 Å². The van der Waals surface area contributed by atoms with Gasteiger partial charge in [-0.3, -0.25) is 4.79 Å². The molecule has 20 heavy (non-hydrogen) atoms. The van der Waals surface area contributed by atoms with E-state index < -0.39 is 29.4 Å². The topological polar surface area (TPSA) is 81.4 Å². The Morgan fingerprint density at radius 3 is 2.25 bits per heavy atom. The average molecular weight is 294 g/mol. The van der Waals surface area contributed by atoms with Crippen molar-refractivity contribution in [2.45, 2.75) is 58.4 Å². The van der Waals surface area contributed by atoms with Crippen LogP contribution in [0.2, 0.25) is 0 Å². The average Bonchev–Trinajstić information content (AvgIpc) is 2.34. The van der Waals surface area contributed by atoms with Gasteiger partial charge in [0.05, 0.1) is 12.5 Å². The molecule has 0 saturated heterocycles. The van der Waals surface area contributed by atoms with Crippen LogP contribution in [0.4, 0.5) is 13.6 Å². The molecule has 0 aromatic rings. The van der Waals surface area contributed by atoms with Crippen LogP contribution in [-0.2, 0) is 9.53 Å². The Morgan fingerprint density at radius 1 is 1.30 bits per heavy atom. The van der Waals surface area contributed by atoms with Crippen molar-refractivity contribution < 1.29 is 23.1 Å². The van der Waals surface area contributed by atoms with Gasteiger partial charge in [0, 0.05) is 6.42 Å². The summed E-state index contributed by atoms with van der Waals surface area (Å²) in [6.45, 7) is 4.34. The summed E-state index contributed by atoms with van der Waals surface area (Å²) in [5.41, 5.74) is 3.33. The maximum Gasteiger partial charge on any atom is 0.407 e. The lowest BCUT2D eigenvalue weighted by Crippen LogP contribution is -2.59. The third-order valence-electron chi connectivity index (χ3n) is 3.49. The summed E-state index contributed by atoms with van der Waals surface area (Å²) in [5.74, 6) is -4.15. The van der Waals surface area contributed by atoms with Crippen LogP contribution in [0.15, 0.2) is 0 Å². The van der Waals surface area contributed by atoms with Crippen LogP contribution in [0.25, 0.3) is 0 Å². The zero-order valence-corrected chi connectivity index (χ0v) is 12.5. The molecular weight excluding hydrogens is 270 g/mol. The van der Waals surface area contributed by atoms with Crippen molar-refractivity contribution in [3.8, 4) is 0 Å². The molecular formula is C13H24F2N2O3. The smallest absolute Gasteiger partial charge is 0.407 e. The minimum atomic E-state index is -3.14. The first-order valence-corrected chi connectivity index (χ1v) is 6.61. The quantitative estimate of drug-likeness (QED) is 0.675. The Labute approximate surface area is 118 Å². The van der Waals surface area contributed by atoms with Crippen LogP contribution in [0.5, 0.6) is 0 Å². The van der Waals surface area contributed by atoms with Gasteiger partial charge in [0.2, 0.25) is 5.91 Å². The van der Waals surface area contributed by atoms with Crippen molar-refractivity contribution in [3.05, 3.63) is 0 Å². The van der Waals surface area contributed by atoms with Gasteiger partial charge >= 0.3 is 6.09 Å². The minimum absolute atomic E-state index is 0.344. The fourth-order valence-corrected chi connectivity index (χ4v) is 1.91. The molecule has 0 unspecified atom stereocenters. The fourth-order valence-electron chi connectivity index (χ4n) is 1.91. The second-order valence-electron chi connectivity index (χ2n) is 5.35. The molecule has 0 aliphatic rings. The Morgan fingerprint density at radius 2 is 1.85 bits per heavy atom. The van der Waals surface area contributed by atoms with Crippen LogP contribution < -0.4 is 11.1 Å². The number of alkyl halides is 2. The summed E-state index contributed by atoms with van der Waals surface area (Å²) in [4.78, 5) is 22.6. The zero-order chi connectivity index (χ0) is 16.0. The number of halogens is 2. The van der Waals surface area contributed by atoms with E-state index in [1.54, 1.807) is 0 Å². The number of methoxy groups -OCH3 is 1. The Bertz CT molecular complexity index is 347.